The molecule has 0 radical (unpaired) electrons. The average Bonchev–Trinajstić information content (AvgIpc) is 2.75. The van der Waals surface area contributed by atoms with E-state index in [-0.39, 0.29) is 12.5 Å². The lowest BCUT2D eigenvalue weighted by atomic mass is 10.1. The van der Waals surface area contributed by atoms with Gasteiger partial charge in [0.2, 0.25) is 10.0 Å². The van der Waals surface area contributed by atoms with Crippen LogP contribution in [0.15, 0.2) is 72.8 Å². The van der Waals surface area contributed by atoms with Crippen LogP contribution in [0.1, 0.15) is 21.5 Å². The highest BCUT2D eigenvalue weighted by Gasteiger charge is 2.18. The molecule has 0 fully saturated rings. The van der Waals surface area contributed by atoms with Crippen molar-refractivity contribution in [3.05, 3.63) is 94.5 Å². The molecule has 0 unspecified atom stereocenters. The molecule has 1 amide bonds. The van der Waals surface area contributed by atoms with Crippen LogP contribution in [0.2, 0.25) is 5.02 Å². The second kappa shape index (κ2) is 10.1. The van der Waals surface area contributed by atoms with Gasteiger partial charge in [0.25, 0.3) is 5.91 Å². The van der Waals surface area contributed by atoms with E-state index in [1.807, 2.05) is 43.3 Å². The molecule has 0 atom stereocenters. The molecular formula is C24H26ClN3O3S. The highest BCUT2D eigenvalue weighted by Crippen LogP contribution is 2.24. The molecule has 0 saturated heterocycles. The maximum absolute atomic E-state index is 12.5. The van der Waals surface area contributed by atoms with Crippen molar-refractivity contribution in [2.45, 2.75) is 13.1 Å². The Hall–Kier alpha value is -3.03. The summed E-state index contributed by atoms with van der Waals surface area (Å²) in [4.78, 5) is 14.5. The fraction of sp³-hybridized carbons (Fsp3) is 0.208. The quantitative estimate of drug-likeness (QED) is 0.531. The highest BCUT2D eigenvalue weighted by atomic mass is 35.5. The van der Waals surface area contributed by atoms with Crippen molar-refractivity contribution in [3.8, 4) is 0 Å². The van der Waals surface area contributed by atoms with Crippen LogP contribution in [0.25, 0.3) is 0 Å². The summed E-state index contributed by atoms with van der Waals surface area (Å²) in [5, 5.41) is 3.36. The van der Waals surface area contributed by atoms with Crippen molar-refractivity contribution in [2.75, 3.05) is 29.6 Å². The third-order valence-corrected chi connectivity index (χ3v) is 6.32. The lowest BCUT2D eigenvalue weighted by molar-refractivity contribution is 0.0951. The third kappa shape index (κ3) is 6.24. The minimum atomic E-state index is -3.51. The molecule has 0 spiro atoms. The van der Waals surface area contributed by atoms with Crippen molar-refractivity contribution in [2.24, 2.45) is 0 Å². The van der Waals surface area contributed by atoms with Gasteiger partial charge >= 0.3 is 0 Å². The molecule has 3 aromatic rings. The number of nitrogens with zero attached hydrogens (tertiary/aromatic N) is 2. The van der Waals surface area contributed by atoms with Gasteiger partial charge in [-0.25, -0.2) is 8.42 Å². The maximum atomic E-state index is 12.5. The Kier molecular flexibility index (Phi) is 7.43. The number of carbonyl (C=O) groups is 1. The first-order chi connectivity index (χ1) is 15.1. The van der Waals surface area contributed by atoms with E-state index in [1.54, 1.807) is 48.5 Å². The van der Waals surface area contributed by atoms with Crippen LogP contribution in [0.5, 0.6) is 0 Å². The number of amides is 1. The molecule has 6 nitrogen and oxygen atoms in total. The van der Waals surface area contributed by atoms with Gasteiger partial charge in [0.1, 0.15) is 0 Å². The first kappa shape index (κ1) is 23.6. The first-order valence-electron chi connectivity index (χ1n) is 10.00. The molecule has 0 aromatic heterocycles. The minimum Gasteiger partial charge on any atom is -0.378 e. The van der Waals surface area contributed by atoms with Gasteiger partial charge in [0, 0.05) is 36.9 Å². The second-order valence-electron chi connectivity index (χ2n) is 7.69. The summed E-state index contributed by atoms with van der Waals surface area (Å²) >= 11 is 6.03. The minimum absolute atomic E-state index is 0.138. The summed E-state index contributed by atoms with van der Waals surface area (Å²) in [5.74, 6) is -0.192. The zero-order valence-electron chi connectivity index (χ0n) is 18.2. The van der Waals surface area contributed by atoms with Crippen LogP contribution < -0.4 is 14.5 Å². The van der Waals surface area contributed by atoms with Crippen LogP contribution in [-0.2, 0) is 23.1 Å². The molecule has 0 heterocycles. The summed E-state index contributed by atoms with van der Waals surface area (Å²) < 4.78 is 25.9. The highest BCUT2D eigenvalue weighted by molar-refractivity contribution is 7.92. The maximum Gasteiger partial charge on any atom is 0.251 e. The monoisotopic (exact) mass is 471 g/mol. The number of benzene rings is 3. The lowest BCUT2D eigenvalue weighted by Gasteiger charge is -2.22. The molecule has 0 aliphatic carbocycles. The van der Waals surface area contributed by atoms with Gasteiger partial charge in [-0.2, -0.15) is 0 Å². The smallest absolute Gasteiger partial charge is 0.251 e. The van der Waals surface area contributed by atoms with Gasteiger partial charge < -0.3 is 10.2 Å². The van der Waals surface area contributed by atoms with E-state index in [0.717, 1.165) is 23.1 Å². The van der Waals surface area contributed by atoms with Crippen molar-refractivity contribution in [1.82, 2.24) is 5.32 Å². The summed E-state index contributed by atoms with van der Waals surface area (Å²) in [6, 6.07) is 21.6. The fourth-order valence-electron chi connectivity index (χ4n) is 3.15. The van der Waals surface area contributed by atoms with E-state index >= 15 is 0 Å². The summed E-state index contributed by atoms with van der Waals surface area (Å²) in [6.45, 7) is 0.560. The molecule has 0 aliphatic heterocycles. The van der Waals surface area contributed by atoms with Gasteiger partial charge in [-0.15, -0.1) is 0 Å². The normalized spacial score (nSPS) is 11.1. The van der Waals surface area contributed by atoms with E-state index in [0.29, 0.717) is 22.8 Å². The predicted molar refractivity (Wildman–Crippen MR) is 131 cm³/mol. The van der Waals surface area contributed by atoms with Crippen LogP contribution in [0.3, 0.4) is 0 Å². The number of hydrogen-bond donors (Lipinski definition) is 1. The predicted octanol–water partition coefficient (Wildman–Crippen LogP) is 4.30. The van der Waals surface area contributed by atoms with Crippen LogP contribution in [0, 0.1) is 0 Å². The second-order valence-corrected chi connectivity index (χ2v) is 10.0. The van der Waals surface area contributed by atoms with Crippen LogP contribution >= 0.6 is 11.6 Å². The number of nitrogens with one attached hydrogen (secondary N) is 1. The third-order valence-electron chi connectivity index (χ3n) is 4.94. The molecule has 168 valence electrons. The fourth-order valence-corrected chi connectivity index (χ4v) is 4.22. The van der Waals surface area contributed by atoms with E-state index in [4.69, 9.17) is 11.6 Å². The number of sulfonamides is 1. The number of anilines is 2. The summed E-state index contributed by atoms with van der Waals surface area (Å²) in [7, 11) is 0.439. The Morgan fingerprint density at radius 2 is 1.53 bits per heavy atom. The molecule has 32 heavy (non-hydrogen) atoms. The Bertz CT molecular complexity index is 1180. The van der Waals surface area contributed by atoms with Crippen LogP contribution in [0.4, 0.5) is 11.4 Å². The Morgan fingerprint density at radius 3 is 2.09 bits per heavy atom. The Labute approximate surface area is 194 Å². The standard InChI is InChI=1S/C24H26ClN3O3S/c1-27(2)22-13-9-18(10-14-22)16-26-24(29)20-11-7-19(8-12-20)17-28(32(3,30)31)23-6-4-5-21(25)15-23/h4-15H,16-17H2,1-3H3,(H,26,29). The zero-order valence-corrected chi connectivity index (χ0v) is 19.8. The van der Waals surface area contributed by atoms with Crippen molar-refractivity contribution in [1.29, 1.82) is 0 Å². The van der Waals surface area contributed by atoms with Crippen molar-refractivity contribution in [3.63, 3.8) is 0 Å². The first-order valence-corrected chi connectivity index (χ1v) is 12.2. The number of carbonyl (C=O) groups excluding carboxylic acids is 1. The van der Waals surface area contributed by atoms with Gasteiger partial charge in [-0.05, 0) is 53.6 Å². The molecule has 0 bridgehead atoms. The molecule has 1 N–H and O–H groups in total. The van der Waals surface area contributed by atoms with Crippen molar-refractivity contribution >= 4 is 38.9 Å². The van der Waals surface area contributed by atoms with Crippen LogP contribution in [-0.4, -0.2) is 34.7 Å². The summed E-state index contributed by atoms with van der Waals surface area (Å²) in [5.41, 5.74) is 3.85. The topological polar surface area (TPSA) is 69.7 Å². The number of hydrogen-bond acceptors (Lipinski definition) is 4. The van der Waals surface area contributed by atoms with E-state index < -0.39 is 10.0 Å². The largest absolute Gasteiger partial charge is 0.378 e. The van der Waals surface area contributed by atoms with Crippen molar-refractivity contribution < 1.29 is 13.2 Å². The Balaban J connectivity index is 1.66. The summed E-state index contributed by atoms with van der Waals surface area (Å²) in [6.07, 6.45) is 1.15. The van der Waals surface area contributed by atoms with Gasteiger partial charge in [-0.3, -0.25) is 9.10 Å². The van der Waals surface area contributed by atoms with E-state index in [9.17, 15) is 13.2 Å². The Morgan fingerprint density at radius 1 is 0.906 bits per heavy atom. The lowest BCUT2D eigenvalue weighted by Crippen LogP contribution is -2.29. The molecule has 8 heteroatoms. The number of rotatable bonds is 8. The SMILES string of the molecule is CN(C)c1ccc(CNC(=O)c2ccc(CN(c3cccc(Cl)c3)S(C)(=O)=O)cc2)cc1. The van der Waals surface area contributed by atoms with E-state index in [2.05, 4.69) is 5.32 Å². The molecule has 0 saturated carbocycles. The average molecular weight is 472 g/mol. The van der Waals surface area contributed by atoms with Gasteiger partial charge in [-0.1, -0.05) is 41.9 Å². The molecule has 3 aromatic carbocycles. The number of halogens is 1. The molecule has 3 rings (SSSR count). The van der Waals surface area contributed by atoms with Gasteiger partial charge in [0.05, 0.1) is 18.5 Å². The molecule has 0 aliphatic rings. The zero-order chi connectivity index (χ0) is 23.3. The van der Waals surface area contributed by atoms with E-state index in [1.165, 1.54) is 4.31 Å². The van der Waals surface area contributed by atoms with Gasteiger partial charge in [0.15, 0.2) is 0 Å². The molecular weight excluding hydrogens is 446 g/mol.